The van der Waals surface area contributed by atoms with Crippen LogP contribution >= 0.6 is 0 Å². The second kappa shape index (κ2) is 8.99. The minimum absolute atomic E-state index is 0.107. The average molecular weight is 432 g/mol. The molecule has 0 unspecified atom stereocenters. The maximum absolute atomic E-state index is 12.7. The van der Waals surface area contributed by atoms with E-state index in [4.69, 9.17) is 13.7 Å². The number of benzene rings is 1. The molecule has 0 aliphatic carbocycles. The molecule has 0 N–H and O–H groups in total. The molecule has 0 saturated carbocycles. The zero-order chi connectivity index (χ0) is 21.9. The van der Waals surface area contributed by atoms with Crippen molar-refractivity contribution in [3.8, 4) is 11.4 Å². The molecule has 164 valence electrons. The van der Waals surface area contributed by atoms with Gasteiger partial charge in [-0.25, -0.2) is 4.79 Å². The highest BCUT2D eigenvalue weighted by Gasteiger charge is 2.43. The van der Waals surface area contributed by atoms with E-state index in [1.807, 2.05) is 30.3 Å². The van der Waals surface area contributed by atoms with E-state index in [0.29, 0.717) is 12.4 Å². The monoisotopic (exact) mass is 431 g/mol. The van der Waals surface area contributed by atoms with Crippen molar-refractivity contribution in [3.63, 3.8) is 0 Å². The first-order valence-electron chi connectivity index (χ1n) is 10.5. The molecular formula is C22H33N3O4Si. The van der Waals surface area contributed by atoms with Crippen LogP contribution in [-0.2, 0) is 14.0 Å². The summed E-state index contributed by atoms with van der Waals surface area (Å²) in [4.78, 5) is 19.4. The normalized spacial score (nSPS) is 19.1. The van der Waals surface area contributed by atoms with Crippen molar-refractivity contribution >= 4 is 14.3 Å². The van der Waals surface area contributed by atoms with Crippen molar-refractivity contribution in [2.75, 3.05) is 20.3 Å². The highest BCUT2D eigenvalue weighted by atomic mass is 28.4. The van der Waals surface area contributed by atoms with E-state index in [2.05, 4.69) is 48.9 Å². The molecule has 30 heavy (non-hydrogen) atoms. The summed E-state index contributed by atoms with van der Waals surface area (Å²) >= 11 is 0. The van der Waals surface area contributed by atoms with Crippen molar-refractivity contribution in [1.29, 1.82) is 0 Å². The van der Waals surface area contributed by atoms with Gasteiger partial charge in [-0.2, -0.15) is 4.98 Å². The predicted molar refractivity (Wildman–Crippen MR) is 117 cm³/mol. The lowest BCUT2D eigenvalue weighted by Crippen LogP contribution is -2.46. The van der Waals surface area contributed by atoms with Crippen LogP contribution in [0.1, 0.15) is 45.5 Å². The molecule has 2 aromatic rings. The van der Waals surface area contributed by atoms with Gasteiger partial charge in [0.25, 0.3) is 5.89 Å². The van der Waals surface area contributed by atoms with Crippen molar-refractivity contribution in [2.45, 2.75) is 63.8 Å². The van der Waals surface area contributed by atoms with Crippen LogP contribution < -0.4 is 0 Å². The lowest BCUT2D eigenvalue weighted by Gasteiger charge is -2.38. The lowest BCUT2D eigenvalue weighted by atomic mass is 10.2. The molecule has 1 aromatic heterocycles. The quantitative estimate of drug-likeness (QED) is 0.474. The van der Waals surface area contributed by atoms with Gasteiger partial charge in [-0.05, 0) is 37.5 Å². The molecule has 1 aliphatic rings. The molecule has 0 spiro atoms. The summed E-state index contributed by atoms with van der Waals surface area (Å²) in [5, 5.41) is 4.23. The topological polar surface area (TPSA) is 77.7 Å². The van der Waals surface area contributed by atoms with E-state index in [1.165, 1.54) is 7.11 Å². The molecule has 2 heterocycles. The van der Waals surface area contributed by atoms with Crippen LogP contribution in [0.2, 0.25) is 18.1 Å². The van der Waals surface area contributed by atoms with E-state index >= 15 is 0 Å². The van der Waals surface area contributed by atoms with Crippen molar-refractivity contribution in [2.24, 2.45) is 0 Å². The van der Waals surface area contributed by atoms with Gasteiger partial charge in [0.05, 0.1) is 7.11 Å². The van der Waals surface area contributed by atoms with Gasteiger partial charge >= 0.3 is 5.97 Å². The number of carbonyl (C=O) groups is 1. The van der Waals surface area contributed by atoms with Gasteiger partial charge in [-0.3, -0.25) is 4.90 Å². The van der Waals surface area contributed by atoms with Gasteiger partial charge in [0.15, 0.2) is 14.4 Å². The van der Waals surface area contributed by atoms with Crippen molar-refractivity contribution in [3.05, 3.63) is 36.2 Å². The first kappa shape index (κ1) is 22.6. The number of rotatable bonds is 7. The van der Waals surface area contributed by atoms with Gasteiger partial charge in [-0.15, -0.1) is 0 Å². The zero-order valence-electron chi connectivity index (χ0n) is 18.8. The number of methoxy groups -OCH3 is 1. The summed E-state index contributed by atoms with van der Waals surface area (Å²) in [6, 6.07) is 8.96. The Balaban J connectivity index is 1.81. The Hall–Kier alpha value is -2.03. The Morgan fingerprint density at radius 3 is 2.63 bits per heavy atom. The fourth-order valence-electron chi connectivity index (χ4n) is 3.44. The maximum Gasteiger partial charge on any atom is 0.332 e. The molecule has 7 nitrogen and oxygen atoms in total. The molecular weight excluding hydrogens is 398 g/mol. The van der Waals surface area contributed by atoms with Crippen LogP contribution in [0.3, 0.4) is 0 Å². The average Bonchev–Trinajstić information content (AvgIpc) is 3.36. The number of hydrogen-bond acceptors (Lipinski definition) is 7. The van der Waals surface area contributed by atoms with E-state index in [0.717, 1.165) is 24.9 Å². The molecule has 1 aromatic carbocycles. The first-order chi connectivity index (χ1) is 14.1. The third kappa shape index (κ3) is 4.82. The number of likely N-dealkylation sites (tertiary alicyclic amines) is 1. The van der Waals surface area contributed by atoms with Gasteiger partial charge in [-0.1, -0.05) is 56.3 Å². The minimum Gasteiger partial charge on any atom is -0.467 e. The molecule has 1 aliphatic heterocycles. The van der Waals surface area contributed by atoms with Crippen LogP contribution in [0, 0.1) is 0 Å². The minimum atomic E-state index is -1.89. The molecule has 0 bridgehead atoms. The summed E-state index contributed by atoms with van der Waals surface area (Å²) in [6.45, 7) is 12.5. The van der Waals surface area contributed by atoms with Crippen LogP contribution in [0.15, 0.2) is 34.9 Å². The molecule has 3 rings (SSSR count). The van der Waals surface area contributed by atoms with Crippen LogP contribution in [0.5, 0.6) is 0 Å². The van der Waals surface area contributed by atoms with E-state index in [-0.39, 0.29) is 17.0 Å². The van der Waals surface area contributed by atoms with Crippen molar-refractivity contribution < 1.29 is 18.5 Å². The zero-order valence-corrected chi connectivity index (χ0v) is 19.8. The van der Waals surface area contributed by atoms with Gasteiger partial charge in [0.2, 0.25) is 5.82 Å². The smallest absolute Gasteiger partial charge is 0.332 e. The largest absolute Gasteiger partial charge is 0.467 e. The third-order valence-electron chi connectivity index (χ3n) is 6.33. The predicted octanol–water partition coefficient (Wildman–Crippen LogP) is 4.44. The Morgan fingerprint density at radius 2 is 2.00 bits per heavy atom. The number of hydrogen-bond donors (Lipinski definition) is 0. The molecule has 8 heteroatoms. The summed E-state index contributed by atoms with van der Waals surface area (Å²) in [5.74, 6) is 0.338. The summed E-state index contributed by atoms with van der Waals surface area (Å²) in [6.07, 6.45) is 1.94. The van der Waals surface area contributed by atoms with Gasteiger partial charge in [0.1, 0.15) is 0 Å². The Kier molecular flexibility index (Phi) is 6.79. The Morgan fingerprint density at radius 1 is 1.30 bits per heavy atom. The highest BCUT2D eigenvalue weighted by molar-refractivity contribution is 6.74. The highest BCUT2D eigenvalue weighted by Crippen LogP contribution is 2.38. The lowest BCUT2D eigenvalue weighted by molar-refractivity contribution is -0.149. The molecule has 2 atom stereocenters. The SMILES string of the molecule is COC(=O)[C@H](c1nc(-c2ccccc2)no1)N1CCC[C@H]1CO[Si](C)(C)C(C)(C)C. The van der Waals surface area contributed by atoms with Gasteiger partial charge < -0.3 is 13.7 Å². The number of ether oxygens (including phenoxy) is 1. The number of esters is 1. The van der Waals surface area contributed by atoms with E-state index in [9.17, 15) is 4.79 Å². The summed E-state index contributed by atoms with van der Waals surface area (Å²) in [7, 11) is -0.496. The Bertz CT molecular complexity index is 848. The fraction of sp³-hybridized carbons (Fsp3) is 0.591. The number of aromatic nitrogens is 2. The molecule has 1 saturated heterocycles. The molecule has 0 radical (unpaired) electrons. The molecule has 0 amide bonds. The fourth-order valence-corrected chi connectivity index (χ4v) is 4.48. The van der Waals surface area contributed by atoms with Crippen LogP contribution in [-0.4, -0.2) is 55.6 Å². The summed E-state index contributed by atoms with van der Waals surface area (Å²) in [5.41, 5.74) is 0.843. The second-order valence-electron chi connectivity index (χ2n) is 9.35. The van der Waals surface area contributed by atoms with Crippen molar-refractivity contribution in [1.82, 2.24) is 15.0 Å². The van der Waals surface area contributed by atoms with Crippen LogP contribution in [0.25, 0.3) is 11.4 Å². The number of nitrogens with zero attached hydrogens (tertiary/aromatic N) is 3. The standard InChI is InChI=1S/C22H33N3O4Si/c1-22(2,3)30(5,6)28-15-17-13-10-14-25(17)18(21(26)27-4)20-23-19(24-29-20)16-11-8-7-9-12-16/h7-9,11-12,17-18H,10,13-15H2,1-6H3/t17-,18-/m0/s1. The third-order valence-corrected chi connectivity index (χ3v) is 10.8. The first-order valence-corrected chi connectivity index (χ1v) is 13.4. The van der Waals surface area contributed by atoms with Gasteiger partial charge in [0, 0.05) is 18.2 Å². The summed E-state index contributed by atoms with van der Waals surface area (Å²) < 4.78 is 17.1. The molecule has 1 fully saturated rings. The number of carbonyl (C=O) groups excluding carboxylic acids is 1. The Labute approximate surface area is 179 Å². The van der Waals surface area contributed by atoms with E-state index in [1.54, 1.807) is 0 Å². The van der Waals surface area contributed by atoms with Crippen LogP contribution in [0.4, 0.5) is 0 Å². The second-order valence-corrected chi connectivity index (χ2v) is 14.2. The maximum atomic E-state index is 12.7. The van der Waals surface area contributed by atoms with E-state index < -0.39 is 20.3 Å².